The fourth-order valence-corrected chi connectivity index (χ4v) is 1.70. The molecule has 0 aliphatic heterocycles. The second-order valence-electron chi connectivity index (χ2n) is 4.17. The molecule has 0 fully saturated rings. The maximum atomic E-state index is 5.13. The van der Waals surface area contributed by atoms with Gasteiger partial charge in [-0.15, -0.1) is 0 Å². The average molecular weight is 227 g/mol. The molecule has 1 N–H and O–H groups in total. The number of methoxy groups -OCH3 is 1. The van der Waals surface area contributed by atoms with Crippen LogP contribution < -0.4 is 10.1 Å². The molecule has 17 heavy (non-hydrogen) atoms. The van der Waals surface area contributed by atoms with Crippen molar-refractivity contribution in [1.82, 2.24) is 0 Å². The van der Waals surface area contributed by atoms with Crippen LogP contribution in [0.4, 0.5) is 11.4 Å². The standard InChI is InChI=1S/C15H17NO/c1-11-4-5-12(2)15(10-11)16-13-6-8-14(17-3)9-7-13/h4-10,16H,1-3H3. The van der Waals surface area contributed by atoms with Gasteiger partial charge in [-0.05, 0) is 55.3 Å². The van der Waals surface area contributed by atoms with Crippen LogP contribution in [0, 0.1) is 13.8 Å². The maximum Gasteiger partial charge on any atom is 0.119 e. The van der Waals surface area contributed by atoms with E-state index in [2.05, 4.69) is 37.4 Å². The lowest BCUT2D eigenvalue weighted by Crippen LogP contribution is -1.93. The van der Waals surface area contributed by atoms with E-state index in [1.165, 1.54) is 11.1 Å². The van der Waals surface area contributed by atoms with Gasteiger partial charge in [0.05, 0.1) is 7.11 Å². The lowest BCUT2D eigenvalue weighted by molar-refractivity contribution is 0.415. The first-order chi connectivity index (χ1) is 8.19. The third-order valence-electron chi connectivity index (χ3n) is 2.76. The van der Waals surface area contributed by atoms with Gasteiger partial charge in [-0.2, -0.15) is 0 Å². The van der Waals surface area contributed by atoms with Crippen molar-refractivity contribution >= 4 is 11.4 Å². The monoisotopic (exact) mass is 227 g/mol. The molecule has 0 aromatic heterocycles. The summed E-state index contributed by atoms with van der Waals surface area (Å²) in [5, 5.41) is 3.41. The Kier molecular flexibility index (Phi) is 3.33. The fourth-order valence-electron chi connectivity index (χ4n) is 1.70. The Labute approximate surface area is 102 Å². The summed E-state index contributed by atoms with van der Waals surface area (Å²) in [4.78, 5) is 0. The highest BCUT2D eigenvalue weighted by atomic mass is 16.5. The lowest BCUT2D eigenvalue weighted by Gasteiger charge is -2.11. The van der Waals surface area contributed by atoms with Crippen LogP contribution in [-0.4, -0.2) is 7.11 Å². The van der Waals surface area contributed by atoms with E-state index in [0.29, 0.717) is 0 Å². The molecule has 2 rings (SSSR count). The Morgan fingerprint density at radius 2 is 1.65 bits per heavy atom. The van der Waals surface area contributed by atoms with E-state index >= 15 is 0 Å². The summed E-state index contributed by atoms with van der Waals surface area (Å²) in [6.07, 6.45) is 0. The number of aryl methyl sites for hydroxylation is 2. The summed E-state index contributed by atoms with van der Waals surface area (Å²) in [5.41, 5.74) is 4.72. The highest BCUT2D eigenvalue weighted by Crippen LogP contribution is 2.23. The number of benzene rings is 2. The van der Waals surface area contributed by atoms with Gasteiger partial charge < -0.3 is 10.1 Å². The van der Waals surface area contributed by atoms with Crippen LogP contribution in [0.5, 0.6) is 5.75 Å². The predicted octanol–water partition coefficient (Wildman–Crippen LogP) is 4.06. The number of nitrogens with one attached hydrogen (secondary N) is 1. The average Bonchev–Trinajstić information content (AvgIpc) is 2.35. The molecule has 0 saturated heterocycles. The molecule has 0 aliphatic carbocycles. The topological polar surface area (TPSA) is 21.3 Å². The molecule has 0 aliphatic rings. The zero-order valence-electron chi connectivity index (χ0n) is 10.4. The van der Waals surface area contributed by atoms with Crippen LogP contribution in [-0.2, 0) is 0 Å². The number of rotatable bonds is 3. The van der Waals surface area contributed by atoms with Crippen molar-refractivity contribution in [2.24, 2.45) is 0 Å². The van der Waals surface area contributed by atoms with Gasteiger partial charge in [0.15, 0.2) is 0 Å². The van der Waals surface area contributed by atoms with Crippen LogP contribution in [0.3, 0.4) is 0 Å². The number of anilines is 2. The van der Waals surface area contributed by atoms with E-state index in [1.54, 1.807) is 7.11 Å². The zero-order valence-corrected chi connectivity index (χ0v) is 10.4. The SMILES string of the molecule is COc1ccc(Nc2cc(C)ccc2C)cc1. The van der Waals surface area contributed by atoms with Gasteiger partial charge in [0.1, 0.15) is 5.75 Å². The normalized spacial score (nSPS) is 10.1. The van der Waals surface area contributed by atoms with Gasteiger partial charge >= 0.3 is 0 Å². The summed E-state index contributed by atoms with van der Waals surface area (Å²) in [6, 6.07) is 14.3. The summed E-state index contributed by atoms with van der Waals surface area (Å²) >= 11 is 0. The smallest absolute Gasteiger partial charge is 0.119 e. The van der Waals surface area contributed by atoms with Crippen molar-refractivity contribution < 1.29 is 4.74 Å². The van der Waals surface area contributed by atoms with Gasteiger partial charge in [-0.25, -0.2) is 0 Å². The van der Waals surface area contributed by atoms with E-state index in [9.17, 15) is 0 Å². The summed E-state index contributed by atoms with van der Waals surface area (Å²) in [7, 11) is 1.67. The summed E-state index contributed by atoms with van der Waals surface area (Å²) in [5.74, 6) is 0.872. The second-order valence-corrected chi connectivity index (χ2v) is 4.17. The third kappa shape index (κ3) is 2.78. The van der Waals surface area contributed by atoms with E-state index in [-0.39, 0.29) is 0 Å². The summed E-state index contributed by atoms with van der Waals surface area (Å²) < 4.78 is 5.13. The van der Waals surface area contributed by atoms with E-state index in [1.807, 2.05) is 24.3 Å². The molecule has 0 unspecified atom stereocenters. The van der Waals surface area contributed by atoms with Crippen LogP contribution in [0.25, 0.3) is 0 Å². The van der Waals surface area contributed by atoms with E-state index in [0.717, 1.165) is 17.1 Å². The Hall–Kier alpha value is -1.96. The summed E-state index contributed by atoms with van der Waals surface area (Å²) in [6.45, 7) is 4.20. The molecule has 88 valence electrons. The van der Waals surface area contributed by atoms with Gasteiger partial charge in [0.2, 0.25) is 0 Å². The first kappa shape index (κ1) is 11.5. The van der Waals surface area contributed by atoms with Crippen LogP contribution in [0.1, 0.15) is 11.1 Å². The number of ether oxygens (including phenoxy) is 1. The molecule has 0 heterocycles. The molecular formula is C15H17NO. The lowest BCUT2D eigenvalue weighted by atomic mass is 10.1. The Bertz CT molecular complexity index is 503. The molecule has 0 amide bonds. The molecule has 0 radical (unpaired) electrons. The van der Waals surface area contributed by atoms with Gasteiger partial charge in [-0.1, -0.05) is 12.1 Å². The molecule has 0 bridgehead atoms. The van der Waals surface area contributed by atoms with Crippen molar-refractivity contribution in [3.8, 4) is 5.75 Å². The van der Waals surface area contributed by atoms with Crippen molar-refractivity contribution in [3.63, 3.8) is 0 Å². The maximum absolute atomic E-state index is 5.13. The predicted molar refractivity (Wildman–Crippen MR) is 72.2 cm³/mol. The van der Waals surface area contributed by atoms with Crippen molar-refractivity contribution in [1.29, 1.82) is 0 Å². The molecule has 0 saturated carbocycles. The first-order valence-corrected chi connectivity index (χ1v) is 5.67. The Morgan fingerprint density at radius 1 is 0.941 bits per heavy atom. The Balaban J connectivity index is 2.22. The van der Waals surface area contributed by atoms with Gasteiger partial charge in [0, 0.05) is 11.4 Å². The zero-order chi connectivity index (χ0) is 12.3. The molecule has 2 aromatic carbocycles. The van der Waals surface area contributed by atoms with E-state index in [4.69, 9.17) is 4.74 Å². The molecule has 2 nitrogen and oxygen atoms in total. The quantitative estimate of drug-likeness (QED) is 0.853. The molecule has 0 atom stereocenters. The molecule has 2 aromatic rings. The minimum absolute atomic E-state index is 0.872. The highest BCUT2D eigenvalue weighted by molar-refractivity contribution is 5.64. The molecule has 2 heteroatoms. The first-order valence-electron chi connectivity index (χ1n) is 5.67. The van der Waals surface area contributed by atoms with E-state index < -0.39 is 0 Å². The second kappa shape index (κ2) is 4.91. The van der Waals surface area contributed by atoms with Crippen LogP contribution in [0.2, 0.25) is 0 Å². The van der Waals surface area contributed by atoms with Crippen molar-refractivity contribution in [2.75, 3.05) is 12.4 Å². The Morgan fingerprint density at radius 3 is 2.29 bits per heavy atom. The fraction of sp³-hybridized carbons (Fsp3) is 0.200. The minimum atomic E-state index is 0.872. The van der Waals surface area contributed by atoms with Crippen molar-refractivity contribution in [2.45, 2.75) is 13.8 Å². The largest absolute Gasteiger partial charge is 0.497 e. The van der Waals surface area contributed by atoms with Crippen LogP contribution >= 0.6 is 0 Å². The van der Waals surface area contributed by atoms with Gasteiger partial charge in [-0.3, -0.25) is 0 Å². The number of hydrogen-bond donors (Lipinski definition) is 1. The van der Waals surface area contributed by atoms with Crippen molar-refractivity contribution in [3.05, 3.63) is 53.6 Å². The molecule has 0 spiro atoms. The molecular weight excluding hydrogens is 210 g/mol. The number of hydrogen-bond acceptors (Lipinski definition) is 2. The van der Waals surface area contributed by atoms with Crippen LogP contribution in [0.15, 0.2) is 42.5 Å². The minimum Gasteiger partial charge on any atom is -0.497 e. The van der Waals surface area contributed by atoms with Gasteiger partial charge in [0.25, 0.3) is 0 Å². The highest BCUT2D eigenvalue weighted by Gasteiger charge is 1.99. The third-order valence-corrected chi connectivity index (χ3v) is 2.76.